The van der Waals surface area contributed by atoms with E-state index in [1.807, 2.05) is 54.6 Å². The average molecular weight is 344 g/mol. The van der Waals surface area contributed by atoms with Crippen LogP contribution >= 0.6 is 11.6 Å². The van der Waals surface area contributed by atoms with Gasteiger partial charge in [0.15, 0.2) is 0 Å². The molecular formula is C21H26ClNO. The summed E-state index contributed by atoms with van der Waals surface area (Å²) < 4.78 is 0. The number of anilines is 2. The first-order valence-corrected chi connectivity index (χ1v) is 9.23. The fraction of sp³-hybridized carbons (Fsp3) is 0.381. The molecule has 0 N–H and O–H groups in total. The monoisotopic (exact) mass is 343 g/mol. The lowest BCUT2D eigenvalue weighted by Crippen LogP contribution is -2.25. The molecule has 2 nitrogen and oxygen atoms in total. The number of benzene rings is 2. The molecule has 0 bridgehead atoms. The minimum absolute atomic E-state index is 0.138. The maximum absolute atomic E-state index is 12.8. The first kappa shape index (κ1) is 18.5. The van der Waals surface area contributed by atoms with Crippen molar-refractivity contribution in [1.29, 1.82) is 0 Å². The van der Waals surface area contributed by atoms with Crippen LogP contribution in [0.25, 0.3) is 0 Å². The molecule has 0 saturated carbocycles. The molecular weight excluding hydrogens is 318 g/mol. The topological polar surface area (TPSA) is 20.3 Å². The maximum Gasteiger partial charge on any atom is 0.231 e. The largest absolute Gasteiger partial charge is 0.281 e. The highest BCUT2D eigenvalue weighted by Crippen LogP contribution is 2.27. The van der Waals surface area contributed by atoms with Crippen LogP contribution in [-0.4, -0.2) is 5.91 Å². The van der Waals surface area contributed by atoms with E-state index in [-0.39, 0.29) is 5.91 Å². The van der Waals surface area contributed by atoms with Crippen molar-refractivity contribution in [1.82, 2.24) is 0 Å². The van der Waals surface area contributed by atoms with Gasteiger partial charge in [-0.2, -0.15) is 0 Å². The Hall–Kier alpha value is -1.80. The predicted octanol–water partition coefficient (Wildman–Crippen LogP) is 6.76. The molecule has 0 heterocycles. The second-order valence-corrected chi connectivity index (χ2v) is 6.50. The van der Waals surface area contributed by atoms with Crippen LogP contribution in [-0.2, 0) is 4.79 Å². The number of halogens is 1. The Kier molecular flexibility index (Phi) is 7.84. The molecule has 128 valence electrons. The summed E-state index contributed by atoms with van der Waals surface area (Å²) in [5.74, 6) is 0.138. The third-order valence-electron chi connectivity index (χ3n) is 4.09. The zero-order valence-corrected chi connectivity index (χ0v) is 15.1. The van der Waals surface area contributed by atoms with Crippen molar-refractivity contribution >= 4 is 28.9 Å². The lowest BCUT2D eigenvalue weighted by Gasteiger charge is -2.23. The molecule has 0 aliphatic rings. The summed E-state index contributed by atoms with van der Waals surface area (Å²) in [4.78, 5) is 14.6. The number of para-hydroxylation sites is 1. The van der Waals surface area contributed by atoms with Crippen LogP contribution in [0.2, 0.25) is 5.02 Å². The van der Waals surface area contributed by atoms with Crippen LogP contribution in [0, 0.1) is 0 Å². The van der Waals surface area contributed by atoms with E-state index in [2.05, 4.69) is 6.92 Å². The van der Waals surface area contributed by atoms with E-state index in [1.165, 1.54) is 25.7 Å². The molecule has 1 amide bonds. The number of hydrogen-bond donors (Lipinski definition) is 0. The van der Waals surface area contributed by atoms with Gasteiger partial charge in [0.25, 0.3) is 0 Å². The molecule has 0 aliphatic heterocycles. The zero-order valence-electron chi connectivity index (χ0n) is 14.4. The molecule has 0 spiro atoms. The summed E-state index contributed by atoms with van der Waals surface area (Å²) in [6.07, 6.45) is 7.65. The highest BCUT2D eigenvalue weighted by Gasteiger charge is 2.17. The van der Waals surface area contributed by atoms with Crippen molar-refractivity contribution < 1.29 is 4.79 Å². The minimum atomic E-state index is 0.138. The smallest absolute Gasteiger partial charge is 0.231 e. The van der Waals surface area contributed by atoms with Gasteiger partial charge in [-0.15, -0.1) is 0 Å². The molecule has 3 heteroatoms. The van der Waals surface area contributed by atoms with Crippen molar-refractivity contribution in [2.45, 2.75) is 51.9 Å². The molecule has 0 aromatic heterocycles. The molecule has 24 heavy (non-hydrogen) atoms. The Morgan fingerprint density at radius 3 is 2.08 bits per heavy atom. The van der Waals surface area contributed by atoms with Crippen molar-refractivity contribution in [2.75, 3.05) is 4.90 Å². The summed E-state index contributed by atoms with van der Waals surface area (Å²) >= 11 is 5.98. The Balaban J connectivity index is 2.03. The number of amides is 1. The molecule has 0 saturated heterocycles. The number of hydrogen-bond acceptors (Lipinski definition) is 1. The number of carbonyl (C=O) groups is 1. The van der Waals surface area contributed by atoms with Gasteiger partial charge in [-0.3, -0.25) is 9.69 Å². The number of nitrogens with zero attached hydrogens (tertiary/aromatic N) is 1. The van der Waals surface area contributed by atoms with Gasteiger partial charge in [-0.1, -0.05) is 68.8 Å². The Labute approximate surface area is 150 Å². The van der Waals surface area contributed by atoms with E-state index in [1.54, 1.807) is 4.90 Å². The van der Waals surface area contributed by atoms with Crippen molar-refractivity contribution in [2.24, 2.45) is 0 Å². The predicted molar refractivity (Wildman–Crippen MR) is 103 cm³/mol. The van der Waals surface area contributed by atoms with Gasteiger partial charge in [-0.05, 0) is 42.8 Å². The SMILES string of the molecule is CCCCCCCCC(=O)N(c1ccccc1)c1ccc(Cl)cc1. The first-order valence-electron chi connectivity index (χ1n) is 8.86. The average Bonchev–Trinajstić information content (AvgIpc) is 2.61. The van der Waals surface area contributed by atoms with Gasteiger partial charge >= 0.3 is 0 Å². The minimum Gasteiger partial charge on any atom is -0.281 e. The molecule has 0 fully saturated rings. The van der Waals surface area contributed by atoms with Crippen molar-refractivity contribution in [3.63, 3.8) is 0 Å². The van der Waals surface area contributed by atoms with Gasteiger partial charge < -0.3 is 0 Å². The second kappa shape index (κ2) is 10.1. The molecule has 2 rings (SSSR count). The lowest BCUT2D eigenvalue weighted by atomic mass is 10.1. The van der Waals surface area contributed by atoms with E-state index < -0.39 is 0 Å². The van der Waals surface area contributed by atoms with Gasteiger partial charge in [-0.25, -0.2) is 0 Å². The zero-order chi connectivity index (χ0) is 17.2. The van der Waals surface area contributed by atoms with E-state index in [4.69, 9.17) is 11.6 Å². The van der Waals surface area contributed by atoms with E-state index in [9.17, 15) is 4.79 Å². The van der Waals surface area contributed by atoms with Crippen LogP contribution in [0.15, 0.2) is 54.6 Å². The normalized spacial score (nSPS) is 10.6. The summed E-state index contributed by atoms with van der Waals surface area (Å²) in [5.41, 5.74) is 1.76. The van der Waals surface area contributed by atoms with Crippen molar-refractivity contribution in [3.8, 4) is 0 Å². The third kappa shape index (κ3) is 5.68. The van der Waals surface area contributed by atoms with Crippen LogP contribution in [0.3, 0.4) is 0 Å². The quantitative estimate of drug-likeness (QED) is 0.461. The summed E-state index contributed by atoms with van der Waals surface area (Å²) in [5, 5.41) is 0.676. The summed E-state index contributed by atoms with van der Waals surface area (Å²) in [7, 11) is 0. The molecule has 0 unspecified atom stereocenters. The molecule has 2 aromatic carbocycles. The van der Waals surface area contributed by atoms with E-state index >= 15 is 0 Å². The van der Waals surface area contributed by atoms with Crippen LogP contribution < -0.4 is 4.90 Å². The van der Waals surface area contributed by atoms with Crippen LogP contribution in [0.5, 0.6) is 0 Å². The first-order chi connectivity index (χ1) is 11.7. The third-order valence-corrected chi connectivity index (χ3v) is 4.34. The van der Waals surface area contributed by atoms with Crippen molar-refractivity contribution in [3.05, 3.63) is 59.6 Å². The summed E-state index contributed by atoms with van der Waals surface area (Å²) in [6, 6.07) is 17.2. The van der Waals surface area contributed by atoms with E-state index in [0.29, 0.717) is 11.4 Å². The Morgan fingerprint density at radius 2 is 1.42 bits per heavy atom. The number of carbonyl (C=O) groups excluding carboxylic acids is 1. The summed E-state index contributed by atoms with van der Waals surface area (Å²) in [6.45, 7) is 2.22. The molecule has 0 aliphatic carbocycles. The number of rotatable bonds is 9. The maximum atomic E-state index is 12.8. The van der Waals surface area contributed by atoms with Crippen LogP contribution in [0.1, 0.15) is 51.9 Å². The second-order valence-electron chi connectivity index (χ2n) is 6.06. The standard InChI is InChI=1S/C21H26ClNO/c1-2-3-4-5-6-10-13-21(24)23(19-11-8-7-9-12-19)20-16-14-18(22)15-17-20/h7-9,11-12,14-17H,2-6,10,13H2,1H3. The molecule has 0 atom stereocenters. The molecule has 0 radical (unpaired) electrons. The Bertz CT molecular complexity index is 609. The fourth-order valence-electron chi connectivity index (χ4n) is 2.77. The van der Waals surface area contributed by atoms with Gasteiger partial charge in [0, 0.05) is 22.8 Å². The Morgan fingerprint density at radius 1 is 0.833 bits per heavy atom. The highest BCUT2D eigenvalue weighted by molar-refractivity contribution is 6.30. The molecule has 2 aromatic rings. The van der Waals surface area contributed by atoms with Crippen LogP contribution in [0.4, 0.5) is 11.4 Å². The van der Waals surface area contributed by atoms with Gasteiger partial charge in [0.1, 0.15) is 0 Å². The van der Waals surface area contributed by atoms with Gasteiger partial charge in [0.05, 0.1) is 0 Å². The fourth-order valence-corrected chi connectivity index (χ4v) is 2.90. The lowest BCUT2D eigenvalue weighted by molar-refractivity contribution is -0.118. The highest BCUT2D eigenvalue weighted by atomic mass is 35.5. The van der Waals surface area contributed by atoms with E-state index in [0.717, 1.165) is 24.2 Å². The van der Waals surface area contributed by atoms with Gasteiger partial charge in [0.2, 0.25) is 5.91 Å². The number of unbranched alkanes of at least 4 members (excludes halogenated alkanes) is 5.